The Morgan fingerprint density at radius 1 is 0.490 bits per heavy atom. The fraction of sp³-hybridized carbons (Fsp3) is 0.0227. The molecule has 0 amide bonds. The van der Waals surface area contributed by atoms with Crippen molar-refractivity contribution in [3.63, 3.8) is 0 Å². The number of furan rings is 1. The Morgan fingerprint density at radius 3 is 2.04 bits per heavy atom. The second-order valence-electron chi connectivity index (χ2n) is 12.5. The van der Waals surface area contributed by atoms with Crippen molar-refractivity contribution in [3.05, 3.63) is 162 Å². The quantitative estimate of drug-likeness (QED) is 0.197. The molecule has 49 heavy (non-hydrogen) atoms. The van der Waals surface area contributed by atoms with Crippen molar-refractivity contribution in [3.8, 4) is 34.2 Å². The maximum absolute atomic E-state index is 6.59. The molecule has 1 N–H and O–H groups in total. The van der Waals surface area contributed by atoms with E-state index in [9.17, 15) is 0 Å². The first-order valence-corrected chi connectivity index (χ1v) is 16.5. The highest BCUT2D eigenvalue weighted by molar-refractivity contribution is 6.13. The third-order valence-electron chi connectivity index (χ3n) is 9.55. The minimum Gasteiger partial charge on any atom is -0.456 e. The van der Waals surface area contributed by atoms with Crippen molar-refractivity contribution < 1.29 is 4.42 Å². The highest BCUT2D eigenvalue weighted by Crippen LogP contribution is 2.40. The molecule has 230 valence electrons. The number of nitrogens with zero attached hydrogens (tertiary/aromatic N) is 3. The second kappa shape index (κ2) is 11.0. The van der Waals surface area contributed by atoms with E-state index in [-0.39, 0.29) is 0 Å². The van der Waals surface area contributed by atoms with Crippen molar-refractivity contribution in [1.82, 2.24) is 20.3 Å². The Balaban J connectivity index is 1.15. The molecule has 0 spiro atoms. The van der Waals surface area contributed by atoms with Crippen LogP contribution in [0.15, 0.2) is 150 Å². The molecule has 3 heterocycles. The van der Waals surface area contributed by atoms with E-state index in [1.807, 2.05) is 42.5 Å². The van der Waals surface area contributed by atoms with Gasteiger partial charge in [-0.25, -0.2) is 15.0 Å². The van der Waals surface area contributed by atoms with Crippen LogP contribution in [0.2, 0.25) is 0 Å². The van der Waals surface area contributed by atoms with Crippen LogP contribution in [0.5, 0.6) is 0 Å². The summed E-state index contributed by atoms with van der Waals surface area (Å²) >= 11 is 0. The van der Waals surface area contributed by atoms with Crippen molar-refractivity contribution in [2.45, 2.75) is 6.54 Å². The van der Waals surface area contributed by atoms with E-state index in [1.165, 1.54) is 26.9 Å². The molecule has 10 rings (SSSR count). The molecule has 0 atom stereocenters. The summed E-state index contributed by atoms with van der Waals surface area (Å²) in [7, 11) is 0. The fourth-order valence-corrected chi connectivity index (χ4v) is 7.20. The van der Waals surface area contributed by atoms with Crippen LogP contribution < -0.4 is 5.32 Å². The number of fused-ring (bicyclic) bond motifs is 7. The largest absolute Gasteiger partial charge is 0.456 e. The van der Waals surface area contributed by atoms with Crippen molar-refractivity contribution in [2.75, 3.05) is 0 Å². The predicted octanol–water partition coefficient (Wildman–Crippen LogP) is 10.7. The van der Waals surface area contributed by atoms with Gasteiger partial charge in [-0.15, -0.1) is 0 Å². The summed E-state index contributed by atoms with van der Waals surface area (Å²) in [5, 5.41) is 12.0. The number of hydrogen-bond donors (Lipinski definition) is 1. The third-order valence-corrected chi connectivity index (χ3v) is 9.55. The van der Waals surface area contributed by atoms with Crippen LogP contribution in [-0.2, 0) is 6.54 Å². The summed E-state index contributed by atoms with van der Waals surface area (Å²) < 4.78 is 6.59. The molecule has 0 unspecified atom stereocenters. The smallest absolute Gasteiger partial charge is 0.164 e. The zero-order valence-electron chi connectivity index (χ0n) is 26.4. The Labute approximate surface area is 282 Å². The molecule has 2 aromatic heterocycles. The lowest BCUT2D eigenvalue weighted by Crippen LogP contribution is -2.16. The summed E-state index contributed by atoms with van der Waals surface area (Å²) in [6.07, 6.45) is 2.14. The Kier molecular flexibility index (Phi) is 6.18. The van der Waals surface area contributed by atoms with Crippen LogP contribution >= 0.6 is 0 Å². The molecule has 0 saturated heterocycles. The number of aromatic nitrogens is 3. The summed E-state index contributed by atoms with van der Waals surface area (Å²) in [5.74, 6) is 2.72. The van der Waals surface area contributed by atoms with Gasteiger partial charge in [0.05, 0.1) is 0 Å². The molecule has 5 nitrogen and oxygen atoms in total. The number of nitrogens with one attached hydrogen (secondary N) is 1. The second-order valence-corrected chi connectivity index (χ2v) is 12.5. The predicted molar refractivity (Wildman–Crippen MR) is 200 cm³/mol. The van der Waals surface area contributed by atoms with Gasteiger partial charge >= 0.3 is 0 Å². The zero-order chi connectivity index (χ0) is 32.3. The van der Waals surface area contributed by atoms with Gasteiger partial charge < -0.3 is 9.73 Å². The van der Waals surface area contributed by atoms with Crippen molar-refractivity contribution in [1.29, 1.82) is 0 Å². The van der Waals surface area contributed by atoms with Gasteiger partial charge in [0.25, 0.3) is 0 Å². The van der Waals surface area contributed by atoms with Crippen LogP contribution in [0.4, 0.5) is 0 Å². The number of benzene rings is 7. The lowest BCUT2D eigenvalue weighted by atomic mass is 9.94. The molecule has 0 fully saturated rings. The SMILES string of the molecule is C1=C(c2cc3ccccc3c3ccccc23)NCc2c1oc1cccc(-c3nc(-c4ccccc4)nc(-c4ccc5ccccc5c4)n3)c21. The van der Waals surface area contributed by atoms with Crippen LogP contribution in [0.3, 0.4) is 0 Å². The highest BCUT2D eigenvalue weighted by Gasteiger charge is 2.24. The molecular weight excluding hydrogens is 601 g/mol. The van der Waals surface area contributed by atoms with E-state index in [0.29, 0.717) is 24.0 Å². The maximum atomic E-state index is 6.59. The summed E-state index contributed by atoms with van der Waals surface area (Å²) in [6, 6.07) is 50.4. The third kappa shape index (κ3) is 4.59. The van der Waals surface area contributed by atoms with E-state index in [0.717, 1.165) is 55.6 Å². The van der Waals surface area contributed by atoms with E-state index in [4.69, 9.17) is 19.4 Å². The first-order chi connectivity index (χ1) is 24.3. The van der Waals surface area contributed by atoms with E-state index in [1.54, 1.807) is 0 Å². The van der Waals surface area contributed by atoms with Gasteiger partial charge in [-0.05, 0) is 50.5 Å². The topological polar surface area (TPSA) is 63.8 Å². The summed E-state index contributed by atoms with van der Waals surface area (Å²) in [6.45, 7) is 0.612. The van der Waals surface area contributed by atoms with Gasteiger partial charge in [0.1, 0.15) is 11.3 Å². The van der Waals surface area contributed by atoms with Crippen LogP contribution in [0, 0.1) is 0 Å². The van der Waals surface area contributed by atoms with Crippen LogP contribution in [0.1, 0.15) is 16.9 Å². The first kappa shape index (κ1) is 27.5. The molecule has 0 radical (unpaired) electrons. The Hall–Kier alpha value is -6.59. The lowest BCUT2D eigenvalue weighted by Gasteiger charge is -2.19. The van der Waals surface area contributed by atoms with Gasteiger partial charge in [-0.2, -0.15) is 0 Å². The molecule has 0 bridgehead atoms. The molecule has 0 aliphatic carbocycles. The average Bonchev–Trinajstić information content (AvgIpc) is 3.56. The summed E-state index contributed by atoms with van der Waals surface area (Å²) in [5.41, 5.74) is 6.89. The Bertz CT molecular complexity index is 2780. The van der Waals surface area contributed by atoms with Gasteiger partial charge in [-0.3, -0.25) is 0 Å². The molecule has 7 aromatic carbocycles. The minimum absolute atomic E-state index is 0.612. The molecule has 1 aliphatic heterocycles. The number of hydrogen-bond acceptors (Lipinski definition) is 5. The van der Waals surface area contributed by atoms with Crippen molar-refractivity contribution in [2.24, 2.45) is 0 Å². The highest BCUT2D eigenvalue weighted by atomic mass is 16.3. The van der Waals surface area contributed by atoms with E-state index >= 15 is 0 Å². The van der Waals surface area contributed by atoms with Gasteiger partial charge in [0.2, 0.25) is 0 Å². The molecular formula is C44H28N4O. The maximum Gasteiger partial charge on any atom is 0.164 e. The van der Waals surface area contributed by atoms with E-state index < -0.39 is 0 Å². The van der Waals surface area contributed by atoms with Gasteiger partial charge in [0.15, 0.2) is 17.5 Å². The number of rotatable bonds is 4. The Morgan fingerprint density at radius 2 is 1.18 bits per heavy atom. The van der Waals surface area contributed by atoms with Crippen LogP contribution in [-0.4, -0.2) is 15.0 Å². The monoisotopic (exact) mass is 628 g/mol. The molecule has 9 aromatic rings. The van der Waals surface area contributed by atoms with Crippen LogP contribution in [0.25, 0.3) is 89.2 Å². The first-order valence-electron chi connectivity index (χ1n) is 16.5. The normalized spacial score (nSPS) is 12.7. The molecule has 5 heteroatoms. The molecule has 0 saturated carbocycles. The molecule has 1 aliphatic rings. The van der Waals surface area contributed by atoms with Crippen molar-refractivity contribution >= 4 is 55.1 Å². The zero-order valence-corrected chi connectivity index (χ0v) is 26.4. The lowest BCUT2D eigenvalue weighted by molar-refractivity contribution is 0.593. The van der Waals surface area contributed by atoms with E-state index in [2.05, 4.69) is 115 Å². The van der Waals surface area contributed by atoms with Gasteiger partial charge in [0, 0.05) is 51.5 Å². The minimum atomic E-state index is 0.612. The standard InChI is InChI=1S/C44H28N4O/c1-2-12-28(13-3-1)42-46-43(31-22-21-27-11-4-5-14-29(27)23-31)48-44(47-42)35-19-10-20-39-41(35)37-26-45-38(25-40(37)49-39)36-24-30-15-6-7-16-32(30)33-17-8-9-18-34(33)36/h1-25,45H,26H2. The van der Waals surface area contributed by atoms with Gasteiger partial charge in [-0.1, -0.05) is 127 Å². The average molecular weight is 629 g/mol. The summed E-state index contributed by atoms with van der Waals surface area (Å²) in [4.78, 5) is 15.2. The fourth-order valence-electron chi connectivity index (χ4n) is 7.20.